The molecule has 0 aliphatic carbocycles. The fourth-order valence-corrected chi connectivity index (χ4v) is 3.58. The van der Waals surface area contributed by atoms with E-state index in [9.17, 15) is 9.59 Å². The molecule has 3 aromatic heterocycles. The molecule has 1 saturated heterocycles. The van der Waals surface area contributed by atoms with Gasteiger partial charge in [-0.2, -0.15) is 0 Å². The Morgan fingerprint density at radius 1 is 1.37 bits per heavy atom. The van der Waals surface area contributed by atoms with Crippen LogP contribution < -0.4 is 5.69 Å². The summed E-state index contributed by atoms with van der Waals surface area (Å²) in [7, 11) is 0. The number of aromatic nitrogens is 4. The number of aromatic amines is 1. The fourth-order valence-electron chi connectivity index (χ4n) is 3.43. The molecular weight excluding hydrogens is 370 g/mol. The van der Waals surface area contributed by atoms with E-state index in [-0.39, 0.29) is 17.8 Å². The quantitative estimate of drug-likeness (QED) is 0.645. The van der Waals surface area contributed by atoms with Crippen LogP contribution in [0.1, 0.15) is 33.2 Å². The average Bonchev–Trinajstić information content (AvgIpc) is 3.16. The number of rotatable bonds is 1. The first-order valence-electron chi connectivity index (χ1n) is 8.76. The molecule has 1 aliphatic rings. The van der Waals surface area contributed by atoms with Gasteiger partial charge in [0.1, 0.15) is 16.3 Å². The van der Waals surface area contributed by atoms with Crippen molar-refractivity contribution in [1.29, 1.82) is 0 Å². The van der Waals surface area contributed by atoms with E-state index in [0.29, 0.717) is 46.7 Å². The number of H-pyrrole nitrogens is 1. The molecule has 1 amide bonds. The predicted octanol–water partition coefficient (Wildman–Crippen LogP) is 3.11. The molecule has 4 rings (SSSR count). The molecule has 4 heterocycles. The van der Waals surface area contributed by atoms with Crippen LogP contribution in [0.2, 0.25) is 5.15 Å². The summed E-state index contributed by atoms with van der Waals surface area (Å²) in [6.45, 7) is 6.41. The molecule has 3 aromatic rings. The number of carbonyl (C=O) groups is 1. The zero-order valence-corrected chi connectivity index (χ0v) is 16.1. The van der Waals surface area contributed by atoms with Crippen LogP contribution in [0.25, 0.3) is 22.1 Å². The summed E-state index contributed by atoms with van der Waals surface area (Å²) in [5, 5.41) is 0.332. The first-order valence-corrected chi connectivity index (χ1v) is 9.14. The number of hydrogen-bond acceptors (Lipinski definition) is 5. The van der Waals surface area contributed by atoms with Crippen molar-refractivity contribution < 1.29 is 9.53 Å². The third-order valence-corrected chi connectivity index (χ3v) is 4.74. The lowest BCUT2D eigenvalue weighted by atomic mass is 10.2. The molecule has 27 heavy (non-hydrogen) atoms. The van der Waals surface area contributed by atoms with Crippen LogP contribution in [0.3, 0.4) is 0 Å². The van der Waals surface area contributed by atoms with E-state index in [4.69, 9.17) is 16.3 Å². The molecule has 8 nitrogen and oxygen atoms in total. The Labute approximate surface area is 160 Å². The van der Waals surface area contributed by atoms with Gasteiger partial charge in [-0.05, 0) is 39.3 Å². The van der Waals surface area contributed by atoms with E-state index in [2.05, 4.69) is 15.0 Å². The van der Waals surface area contributed by atoms with Crippen molar-refractivity contribution in [1.82, 2.24) is 24.4 Å². The molecule has 0 saturated carbocycles. The Balaban J connectivity index is 1.74. The first-order chi connectivity index (χ1) is 12.7. The summed E-state index contributed by atoms with van der Waals surface area (Å²) < 4.78 is 7.10. The average molecular weight is 390 g/mol. The maximum atomic E-state index is 12.6. The van der Waals surface area contributed by atoms with Gasteiger partial charge >= 0.3 is 11.8 Å². The second-order valence-electron chi connectivity index (χ2n) is 7.69. The predicted molar refractivity (Wildman–Crippen MR) is 102 cm³/mol. The molecule has 1 aliphatic heterocycles. The zero-order chi connectivity index (χ0) is 19.3. The number of imidazole rings is 1. The molecule has 0 spiro atoms. The van der Waals surface area contributed by atoms with Crippen molar-refractivity contribution in [3.8, 4) is 0 Å². The minimum atomic E-state index is -0.560. The molecule has 0 radical (unpaired) electrons. The number of halogens is 1. The molecule has 1 N–H and O–H groups in total. The van der Waals surface area contributed by atoms with Gasteiger partial charge in [-0.25, -0.2) is 14.6 Å². The van der Waals surface area contributed by atoms with Gasteiger partial charge in [-0.1, -0.05) is 11.6 Å². The summed E-state index contributed by atoms with van der Waals surface area (Å²) in [6.07, 6.45) is 1.90. The Bertz CT molecular complexity index is 1100. The van der Waals surface area contributed by atoms with Gasteiger partial charge in [0.15, 0.2) is 0 Å². The van der Waals surface area contributed by atoms with E-state index in [1.54, 1.807) is 27.8 Å². The number of hydrogen-bond donors (Lipinski definition) is 1. The second kappa shape index (κ2) is 6.23. The highest BCUT2D eigenvalue weighted by Crippen LogP contribution is 2.28. The Morgan fingerprint density at radius 2 is 2.15 bits per heavy atom. The van der Waals surface area contributed by atoms with Gasteiger partial charge < -0.3 is 14.6 Å². The summed E-state index contributed by atoms with van der Waals surface area (Å²) in [5.41, 5.74) is 1.66. The summed E-state index contributed by atoms with van der Waals surface area (Å²) >= 11 is 6.06. The maximum absolute atomic E-state index is 12.6. The minimum Gasteiger partial charge on any atom is -0.444 e. The summed E-state index contributed by atoms with van der Waals surface area (Å²) in [4.78, 5) is 38.1. The Hall–Kier alpha value is -2.61. The van der Waals surface area contributed by atoms with Gasteiger partial charge in [-0.15, -0.1) is 0 Å². The van der Waals surface area contributed by atoms with Crippen molar-refractivity contribution in [2.24, 2.45) is 0 Å². The van der Waals surface area contributed by atoms with Crippen molar-refractivity contribution >= 4 is 39.8 Å². The van der Waals surface area contributed by atoms with E-state index in [1.165, 1.54) is 0 Å². The van der Waals surface area contributed by atoms with Crippen molar-refractivity contribution in [2.45, 2.75) is 38.8 Å². The minimum absolute atomic E-state index is 0.176. The normalized spacial score (nSPS) is 17.8. The molecule has 0 bridgehead atoms. The number of amides is 1. The molecule has 142 valence electrons. The van der Waals surface area contributed by atoms with Crippen molar-refractivity contribution in [3.05, 3.63) is 34.0 Å². The van der Waals surface area contributed by atoms with Gasteiger partial charge in [0.05, 0.1) is 28.8 Å². The SMILES string of the molecule is CC(C)(C)OC(=O)N1CC[C@H](n2c(=O)[nH]c3cnc4ccc(Cl)nc4c32)C1. The van der Waals surface area contributed by atoms with Crippen molar-refractivity contribution in [3.63, 3.8) is 0 Å². The standard InChI is InChI=1S/C18H20ClN5O3/c1-18(2,3)27-17(26)23-7-6-10(9-23)24-15-12(21-16(24)25)8-20-11-4-5-13(19)22-14(11)15/h4-5,8,10H,6-7,9H2,1-3H3,(H,21,25)/t10-/m0/s1. The number of fused-ring (bicyclic) bond motifs is 3. The summed E-state index contributed by atoms with van der Waals surface area (Å²) in [6, 6.07) is 3.26. The molecule has 9 heteroatoms. The van der Waals surface area contributed by atoms with E-state index in [1.807, 2.05) is 20.8 Å². The van der Waals surface area contributed by atoms with Crippen LogP contribution in [0.4, 0.5) is 4.79 Å². The van der Waals surface area contributed by atoms with Gasteiger partial charge in [0.25, 0.3) is 0 Å². The highest BCUT2D eigenvalue weighted by Gasteiger charge is 2.32. The molecule has 0 aromatic carbocycles. The largest absolute Gasteiger partial charge is 0.444 e. The smallest absolute Gasteiger partial charge is 0.410 e. The van der Waals surface area contributed by atoms with E-state index >= 15 is 0 Å². The third kappa shape index (κ3) is 3.25. The summed E-state index contributed by atoms with van der Waals surface area (Å²) in [5.74, 6) is 0. The monoisotopic (exact) mass is 389 g/mol. The van der Waals surface area contributed by atoms with Crippen LogP contribution in [-0.2, 0) is 4.74 Å². The lowest BCUT2D eigenvalue weighted by Crippen LogP contribution is -2.36. The Kier molecular flexibility index (Phi) is 4.10. The number of likely N-dealkylation sites (tertiary alicyclic amines) is 1. The van der Waals surface area contributed by atoms with E-state index < -0.39 is 5.60 Å². The number of carbonyl (C=O) groups excluding carboxylic acids is 1. The van der Waals surface area contributed by atoms with Crippen LogP contribution in [0.5, 0.6) is 0 Å². The van der Waals surface area contributed by atoms with E-state index in [0.717, 1.165) is 0 Å². The van der Waals surface area contributed by atoms with Crippen LogP contribution in [0.15, 0.2) is 23.1 Å². The lowest BCUT2D eigenvalue weighted by molar-refractivity contribution is 0.0289. The second-order valence-corrected chi connectivity index (χ2v) is 8.08. The number of ether oxygens (including phenoxy) is 1. The topological polar surface area (TPSA) is 93.1 Å². The van der Waals surface area contributed by atoms with Gasteiger partial charge in [-0.3, -0.25) is 9.55 Å². The molecule has 1 fully saturated rings. The fraction of sp³-hybridized carbons (Fsp3) is 0.444. The highest BCUT2D eigenvalue weighted by molar-refractivity contribution is 6.30. The van der Waals surface area contributed by atoms with Crippen LogP contribution in [0, 0.1) is 0 Å². The zero-order valence-electron chi connectivity index (χ0n) is 15.3. The third-order valence-electron chi connectivity index (χ3n) is 4.53. The lowest BCUT2D eigenvalue weighted by Gasteiger charge is -2.24. The van der Waals surface area contributed by atoms with Crippen LogP contribution >= 0.6 is 11.6 Å². The molecule has 0 unspecified atom stereocenters. The first kappa shape index (κ1) is 17.8. The number of nitrogens with one attached hydrogen (secondary N) is 1. The Morgan fingerprint density at radius 3 is 2.89 bits per heavy atom. The maximum Gasteiger partial charge on any atom is 0.410 e. The van der Waals surface area contributed by atoms with Crippen molar-refractivity contribution in [2.75, 3.05) is 13.1 Å². The highest BCUT2D eigenvalue weighted by atomic mass is 35.5. The van der Waals surface area contributed by atoms with Crippen LogP contribution in [-0.4, -0.2) is 49.2 Å². The van der Waals surface area contributed by atoms with Gasteiger partial charge in [0.2, 0.25) is 0 Å². The number of nitrogens with zero attached hydrogens (tertiary/aromatic N) is 4. The molecule has 1 atom stereocenters. The number of pyridine rings is 2. The molecular formula is C18H20ClN5O3. The van der Waals surface area contributed by atoms with Gasteiger partial charge in [0, 0.05) is 13.1 Å².